The number of benzene rings is 2. The normalized spacial score (nSPS) is 18.3. The van der Waals surface area contributed by atoms with E-state index in [0.717, 1.165) is 31.4 Å². The molecule has 1 atom stereocenters. The van der Waals surface area contributed by atoms with Crippen molar-refractivity contribution < 1.29 is 22.0 Å². The molecule has 1 saturated heterocycles. The Kier molecular flexibility index (Phi) is 5.74. The molecule has 1 fully saturated rings. The predicted octanol–water partition coefficient (Wildman–Crippen LogP) is 4.59. The quantitative estimate of drug-likeness (QED) is 0.716. The fourth-order valence-electron chi connectivity index (χ4n) is 3.81. The number of hydrogen-bond acceptors (Lipinski definition) is 4. The van der Waals surface area contributed by atoms with Gasteiger partial charge in [0.1, 0.15) is 10.7 Å². The van der Waals surface area contributed by atoms with Crippen LogP contribution in [0.2, 0.25) is 5.02 Å². The van der Waals surface area contributed by atoms with Crippen LogP contribution in [0.15, 0.2) is 39.6 Å². The van der Waals surface area contributed by atoms with Crippen LogP contribution in [-0.4, -0.2) is 26.7 Å². The molecule has 6 nitrogen and oxygen atoms in total. The van der Waals surface area contributed by atoms with Gasteiger partial charge in [0.15, 0.2) is 11.6 Å². The Morgan fingerprint density at radius 3 is 2.68 bits per heavy atom. The first kappa shape index (κ1) is 21.7. The second-order valence-electron chi connectivity index (χ2n) is 7.61. The molecule has 0 saturated carbocycles. The van der Waals surface area contributed by atoms with Crippen molar-refractivity contribution in [3.63, 3.8) is 0 Å². The third-order valence-corrected chi connectivity index (χ3v) is 7.12. The van der Waals surface area contributed by atoms with Crippen molar-refractivity contribution in [2.45, 2.75) is 43.5 Å². The van der Waals surface area contributed by atoms with Crippen LogP contribution in [-0.2, 0) is 10.0 Å². The van der Waals surface area contributed by atoms with Gasteiger partial charge in [0.05, 0.1) is 22.3 Å². The van der Waals surface area contributed by atoms with Gasteiger partial charge in [-0.25, -0.2) is 8.78 Å². The molecule has 164 valence electrons. The molecule has 31 heavy (non-hydrogen) atoms. The zero-order valence-electron chi connectivity index (χ0n) is 16.7. The van der Waals surface area contributed by atoms with E-state index in [2.05, 4.69) is 9.71 Å². The minimum absolute atomic E-state index is 0.0353. The first-order valence-electron chi connectivity index (χ1n) is 9.88. The van der Waals surface area contributed by atoms with E-state index in [1.807, 2.05) is 4.90 Å². The van der Waals surface area contributed by atoms with Gasteiger partial charge in [0, 0.05) is 13.0 Å². The summed E-state index contributed by atoms with van der Waals surface area (Å²) in [6.45, 7) is 2.22. The Balaban J connectivity index is 1.67. The van der Waals surface area contributed by atoms with Crippen LogP contribution in [0.25, 0.3) is 0 Å². The Morgan fingerprint density at radius 1 is 1.16 bits per heavy atom. The molecule has 0 aliphatic carbocycles. The fraction of sp³-hybridized carbons (Fsp3) is 0.333. The maximum Gasteiger partial charge on any atom is 0.286 e. The van der Waals surface area contributed by atoms with Crippen LogP contribution in [0, 0.1) is 11.6 Å². The second-order valence-corrected chi connectivity index (χ2v) is 9.59. The highest BCUT2D eigenvalue weighted by Gasteiger charge is 2.33. The lowest BCUT2D eigenvalue weighted by molar-refractivity contribution is 0.0939. The average molecular weight is 468 g/mol. The van der Waals surface area contributed by atoms with Crippen molar-refractivity contribution in [2.24, 2.45) is 4.40 Å². The lowest BCUT2D eigenvalue weighted by atomic mass is 10.1. The Hall–Kier alpha value is -2.52. The van der Waals surface area contributed by atoms with Crippen LogP contribution in [0.3, 0.4) is 0 Å². The van der Waals surface area contributed by atoms with Crippen LogP contribution in [0.5, 0.6) is 0 Å². The summed E-state index contributed by atoms with van der Waals surface area (Å²) in [6, 6.07) is 5.37. The lowest BCUT2D eigenvalue weighted by Gasteiger charge is -2.30. The van der Waals surface area contributed by atoms with Crippen molar-refractivity contribution in [3.8, 4) is 0 Å². The predicted molar refractivity (Wildman–Crippen MR) is 114 cm³/mol. The third kappa shape index (κ3) is 4.16. The molecule has 0 bridgehead atoms. The first-order valence-corrected chi connectivity index (χ1v) is 11.7. The number of rotatable bonds is 3. The highest BCUT2D eigenvalue weighted by Crippen LogP contribution is 2.38. The first-order chi connectivity index (χ1) is 14.7. The molecule has 2 aliphatic heterocycles. The minimum Gasteiger partial charge on any atom is -0.345 e. The number of anilines is 1. The summed E-state index contributed by atoms with van der Waals surface area (Å²) in [4.78, 5) is 14.6. The largest absolute Gasteiger partial charge is 0.345 e. The number of amidine groups is 1. The summed E-state index contributed by atoms with van der Waals surface area (Å²) in [5.41, 5.74) is 0.738. The van der Waals surface area contributed by atoms with Gasteiger partial charge in [0.25, 0.3) is 15.9 Å². The number of halogens is 3. The van der Waals surface area contributed by atoms with E-state index in [9.17, 15) is 22.0 Å². The van der Waals surface area contributed by atoms with Gasteiger partial charge in [-0.2, -0.15) is 8.42 Å². The van der Waals surface area contributed by atoms with Gasteiger partial charge in [-0.05, 0) is 49.6 Å². The number of nitrogens with one attached hydrogen (secondary N) is 1. The standard InChI is InChI=1S/C21H20ClF2N3O3S/c1-12(13-6-7-16(23)17(24)9-13)25-21(28)14-10-19-18(11-15(14)22)27-8-4-2-3-5-20(27)26-31(19,29)30/h6-7,9-12H,2-5,8H2,1H3,(H,25,28)/t12-/m0/s1. The SMILES string of the molecule is C[C@H](NC(=O)c1cc2c(cc1Cl)N1CCCCCC1=NS2(=O)=O)c1ccc(F)c(F)c1. The van der Waals surface area contributed by atoms with Crippen molar-refractivity contribution in [3.05, 3.63) is 58.1 Å². The number of carbonyl (C=O) groups excluding carboxylic acids is 1. The summed E-state index contributed by atoms with van der Waals surface area (Å²) in [5, 5.41) is 2.74. The number of nitrogens with zero attached hydrogens (tertiary/aromatic N) is 2. The molecule has 0 unspecified atom stereocenters. The maximum atomic E-state index is 13.5. The molecule has 2 aromatic carbocycles. The summed E-state index contributed by atoms with van der Waals surface area (Å²) >= 11 is 6.36. The molecule has 2 heterocycles. The highest BCUT2D eigenvalue weighted by molar-refractivity contribution is 7.90. The van der Waals surface area contributed by atoms with E-state index in [0.29, 0.717) is 30.1 Å². The van der Waals surface area contributed by atoms with Crippen molar-refractivity contribution >= 4 is 39.1 Å². The molecule has 4 rings (SSSR count). The number of fused-ring (bicyclic) bond motifs is 3. The number of sulfonamides is 1. The van der Waals surface area contributed by atoms with Crippen molar-refractivity contribution in [1.29, 1.82) is 0 Å². The lowest BCUT2D eigenvalue weighted by Crippen LogP contribution is -2.35. The van der Waals surface area contributed by atoms with E-state index in [-0.39, 0.29) is 15.5 Å². The number of hydrogen-bond donors (Lipinski definition) is 1. The molecule has 0 radical (unpaired) electrons. The fourth-order valence-corrected chi connectivity index (χ4v) is 5.32. The smallest absolute Gasteiger partial charge is 0.286 e. The highest BCUT2D eigenvalue weighted by atomic mass is 35.5. The van der Waals surface area contributed by atoms with E-state index < -0.39 is 33.6 Å². The summed E-state index contributed by atoms with van der Waals surface area (Å²) in [7, 11) is -3.98. The molecule has 10 heteroatoms. The molecule has 0 spiro atoms. The monoisotopic (exact) mass is 467 g/mol. The van der Waals surface area contributed by atoms with Gasteiger partial charge < -0.3 is 10.2 Å². The average Bonchev–Trinajstić information content (AvgIpc) is 2.94. The van der Waals surface area contributed by atoms with E-state index in [4.69, 9.17) is 11.6 Å². The molecule has 0 aromatic heterocycles. The topological polar surface area (TPSA) is 78.8 Å². The second kappa shape index (κ2) is 8.20. The summed E-state index contributed by atoms with van der Waals surface area (Å²) < 4.78 is 56.2. The van der Waals surface area contributed by atoms with E-state index >= 15 is 0 Å². The van der Waals surface area contributed by atoms with Gasteiger partial charge in [-0.15, -0.1) is 4.40 Å². The molecule has 2 aromatic rings. The third-order valence-electron chi connectivity index (χ3n) is 5.47. The van der Waals surface area contributed by atoms with Crippen LogP contribution >= 0.6 is 11.6 Å². The van der Waals surface area contributed by atoms with E-state index in [1.54, 1.807) is 6.92 Å². The van der Waals surface area contributed by atoms with Crippen molar-refractivity contribution in [1.82, 2.24) is 5.32 Å². The van der Waals surface area contributed by atoms with Gasteiger partial charge in [0.2, 0.25) is 0 Å². The van der Waals surface area contributed by atoms with Crippen molar-refractivity contribution in [2.75, 3.05) is 11.4 Å². The Morgan fingerprint density at radius 2 is 1.94 bits per heavy atom. The maximum absolute atomic E-state index is 13.5. The van der Waals surface area contributed by atoms with E-state index in [1.165, 1.54) is 18.2 Å². The zero-order valence-corrected chi connectivity index (χ0v) is 18.2. The number of carbonyl (C=O) groups is 1. The summed E-state index contributed by atoms with van der Waals surface area (Å²) in [6.07, 6.45) is 3.28. The van der Waals surface area contributed by atoms with Gasteiger partial charge in [-0.1, -0.05) is 24.1 Å². The molecule has 2 aliphatic rings. The number of amides is 1. The Labute approximate surface area is 184 Å². The van der Waals surface area contributed by atoms with Gasteiger partial charge >= 0.3 is 0 Å². The van der Waals surface area contributed by atoms with Crippen LogP contribution in [0.1, 0.15) is 54.6 Å². The minimum atomic E-state index is -3.98. The zero-order chi connectivity index (χ0) is 22.3. The molecule has 1 amide bonds. The van der Waals surface area contributed by atoms with Gasteiger partial charge in [-0.3, -0.25) is 4.79 Å². The molecular weight excluding hydrogens is 448 g/mol. The van der Waals surface area contributed by atoms with Crippen LogP contribution < -0.4 is 10.2 Å². The summed E-state index contributed by atoms with van der Waals surface area (Å²) in [5.74, 6) is -2.16. The molecule has 1 N–H and O–H groups in total. The molecular formula is C21H20ClF2N3O3S. The Bertz CT molecular complexity index is 1200. The van der Waals surface area contributed by atoms with Crippen LogP contribution in [0.4, 0.5) is 14.5 Å².